The summed E-state index contributed by atoms with van der Waals surface area (Å²) in [6.45, 7) is 0. The van der Waals surface area contributed by atoms with Gasteiger partial charge >= 0.3 is 0 Å². The smallest absolute Gasteiger partial charge is 0.262 e. The zero-order valence-electron chi connectivity index (χ0n) is 13.2. The fraction of sp³-hybridized carbons (Fsp3) is 0.0500. The number of rotatable bonds is 2. The number of nitrogens with one attached hydrogen (secondary N) is 1. The summed E-state index contributed by atoms with van der Waals surface area (Å²) in [5.41, 5.74) is 2.89. The van der Waals surface area contributed by atoms with E-state index >= 15 is 0 Å². The Morgan fingerprint density at radius 3 is 2.48 bits per heavy atom. The van der Waals surface area contributed by atoms with E-state index in [9.17, 15) is 9.90 Å². The molecule has 1 aliphatic rings. The second-order valence-corrected chi connectivity index (χ2v) is 6.28. The van der Waals surface area contributed by atoms with Crippen LogP contribution in [0.15, 0.2) is 72.8 Å². The van der Waals surface area contributed by atoms with Gasteiger partial charge in [0.05, 0.1) is 5.56 Å². The predicted molar refractivity (Wildman–Crippen MR) is 99.2 cm³/mol. The van der Waals surface area contributed by atoms with Crippen molar-refractivity contribution in [2.75, 3.05) is 10.2 Å². The maximum Gasteiger partial charge on any atom is 0.262 e. The van der Waals surface area contributed by atoms with Crippen molar-refractivity contribution in [2.24, 2.45) is 0 Å². The number of fused-ring (bicyclic) bond motifs is 1. The first-order valence-electron chi connectivity index (χ1n) is 7.87. The van der Waals surface area contributed by atoms with Gasteiger partial charge in [0.1, 0.15) is 11.9 Å². The summed E-state index contributed by atoms with van der Waals surface area (Å²) in [5.74, 6) is 0.0479. The number of anilines is 2. The molecule has 3 aromatic carbocycles. The Hall–Kier alpha value is -2.98. The van der Waals surface area contributed by atoms with E-state index in [1.54, 1.807) is 41.3 Å². The van der Waals surface area contributed by atoms with Gasteiger partial charge in [-0.2, -0.15) is 0 Å². The number of phenols is 1. The van der Waals surface area contributed by atoms with Crippen LogP contribution in [0.1, 0.15) is 22.1 Å². The van der Waals surface area contributed by atoms with Gasteiger partial charge in [-0.25, -0.2) is 0 Å². The van der Waals surface area contributed by atoms with E-state index in [2.05, 4.69) is 5.32 Å². The molecule has 0 saturated heterocycles. The van der Waals surface area contributed by atoms with Crippen LogP contribution < -0.4 is 10.2 Å². The molecule has 124 valence electrons. The number of para-hydroxylation sites is 1. The summed E-state index contributed by atoms with van der Waals surface area (Å²) >= 11 is 5.99. The highest BCUT2D eigenvalue weighted by Gasteiger charge is 2.34. The lowest BCUT2D eigenvalue weighted by Crippen LogP contribution is -2.43. The molecule has 2 N–H and O–H groups in total. The standard InChI is InChI=1S/C20H15ClN2O2/c21-14-8-10-15(11-9-14)23-19(13-4-3-5-16(24)12-13)22-18-7-2-1-6-17(18)20(23)25/h1-12,19,22,24H. The predicted octanol–water partition coefficient (Wildman–Crippen LogP) is 4.82. The van der Waals surface area contributed by atoms with Crippen LogP contribution in [0.25, 0.3) is 0 Å². The number of aromatic hydroxyl groups is 1. The molecule has 25 heavy (non-hydrogen) atoms. The molecule has 1 heterocycles. The van der Waals surface area contributed by atoms with Crippen molar-refractivity contribution in [2.45, 2.75) is 6.17 Å². The van der Waals surface area contributed by atoms with Crippen molar-refractivity contribution < 1.29 is 9.90 Å². The van der Waals surface area contributed by atoms with E-state index in [0.717, 1.165) is 16.9 Å². The largest absolute Gasteiger partial charge is 0.508 e. The Kier molecular flexibility index (Phi) is 3.82. The molecule has 0 aliphatic carbocycles. The Morgan fingerprint density at radius 2 is 1.72 bits per heavy atom. The second-order valence-electron chi connectivity index (χ2n) is 5.84. The van der Waals surface area contributed by atoms with Gasteiger partial charge in [-0.15, -0.1) is 0 Å². The monoisotopic (exact) mass is 350 g/mol. The van der Waals surface area contributed by atoms with E-state index in [4.69, 9.17) is 11.6 Å². The fourth-order valence-corrected chi connectivity index (χ4v) is 3.18. The van der Waals surface area contributed by atoms with Gasteiger partial charge in [0.25, 0.3) is 5.91 Å². The molecule has 0 aromatic heterocycles. The third kappa shape index (κ3) is 2.81. The van der Waals surface area contributed by atoms with Gasteiger partial charge < -0.3 is 10.4 Å². The van der Waals surface area contributed by atoms with E-state index in [1.165, 1.54) is 0 Å². The summed E-state index contributed by atoms with van der Waals surface area (Å²) in [7, 11) is 0. The van der Waals surface area contributed by atoms with E-state index in [0.29, 0.717) is 10.6 Å². The summed E-state index contributed by atoms with van der Waals surface area (Å²) in [5, 5.41) is 13.9. The van der Waals surface area contributed by atoms with Crippen molar-refractivity contribution in [1.29, 1.82) is 0 Å². The summed E-state index contributed by atoms with van der Waals surface area (Å²) in [6.07, 6.45) is -0.435. The van der Waals surface area contributed by atoms with Crippen LogP contribution in [-0.2, 0) is 0 Å². The molecule has 0 radical (unpaired) electrons. The molecule has 1 amide bonds. The average molecular weight is 351 g/mol. The molecule has 5 heteroatoms. The first kappa shape index (κ1) is 15.5. The van der Waals surface area contributed by atoms with Gasteiger partial charge in [-0.1, -0.05) is 35.9 Å². The highest BCUT2D eigenvalue weighted by molar-refractivity contribution is 6.30. The highest BCUT2D eigenvalue weighted by atomic mass is 35.5. The third-order valence-corrected chi connectivity index (χ3v) is 4.47. The topological polar surface area (TPSA) is 52.6 Å². The molecule has 4 rings (SSSR count). The normalized spacial score (nSPS) is 16.3. The van der Waals surface area contributed by atoms with Gasteiger partial charge in [0.15, 0.2) is 0 Å². The molecule has 1 atom stereocenters. The minimum Gasteiger partial charge on any atom is -0.508 e. The lowest BCUT2D eigenvalue weighted by atomic mass is 10.0. The van der Waals surface area contributed by atoms with E-state index < -0.39 is 6.17 Å². The van der Waals surface area contributed by atoms with Crippen molar-refractivity contribution in [3.05, 3.63) is 88.9 Å². The lowest BCUT2D eigenvalue weighted by Gasteiger charge is -2.38. The Bertz CT molecular complexity index is 940. The maximum absolute atomic E-state index is 13.2. The molecule has 1 aliphatic heterocycles. The number of carbonyl (C=O) groups is 1. The van der Waals surface area contributed by atoms with Crippen LogP contribution in [0.4, 0.5) is 11.4 Å². The average Bonchev–Trinajstić information content (AvgIpc) is 2.63. The Balaban J connectivity index is 1.87. The molecular weight excluding hydrogens is 336 g/mol. The SMILES string of the molecule is O=C1c2ccccc2NC(c2cccc(O)c2)N1c1ccc(Cl)cc1. The van der Waals surface area contributed by atoms with Crippen LogP contribution in [-0.4, -0.2) is 11.0 Å². The lowest BCUT2D eigenvalue weighted by molar-refractivity contribution is 0.0975. The van der Waals surface area contributed by atoms with E-state index in [1.807, 2.05) is 36.4 Å². The summed E-state index contributed by atoms with van der Waals surface area (Å²) in [6, 6.07) is 21.4. The van der Waals surface area contributed by atoms with Crippen molar-refractivity contribution in [3.8, 4) is 5.75 Å². The van der Waals surface area contributed by atoms with Gasteiger partial charge in [0, 0.05) is 16.4 Å². The summed E-state index contributed by atoms with van der Waals surface area (Å²) in [4.78, 5) is 14.8. The quantitative estimate of drug-likeness (QED) is 0.697. The van der Waals surface area contributed by atoms with Crippen LogP contribution >= 0.6 is 11.6 Å². The Morgan fingerprint density at radius 1 is 0.960 bits per heavy atom. The molecule has 4 nitrogen and oxygen atoms in total. The van der Waals surface area contributed by atoms with Crippen LogP contribution in [0.2, 0.25) is 5.02 Å². The highest BCUT2D eigenvalue weighted by Crippen LogP contribution is 2.37. The maximum atomic E-state index is 13.2. The zero-order chi connectivity index (χ0) is 17.4. The van der Waals surface area contributed by atoms with Gasteiger partial charge in [-0.05, 0) is 54.1 Å². The van der Waals surface area contributed by atoms with Gasteiger partial charge in [0.2, 0.25) is 0 Å². The van der Waals surface area contributed by atoms with Gasteiger partial charge in [-0.3, -0.25) is 9.69 Å². The minimum atomic E-state index is -0.435. The molecule has 0 saturated carbocycles. The molecule has 3 aromatic rings. The van der Waals surface area contributed by atoms with Crippen LogP contribution in [0.3, 0.4) is 0 Å². The summed E-state index contributed by atoms with van der Waals surface area (Å²) < 4.78 is 0. The number of phenolic OH excluding ortho intramolecular Hbond substituents is 1. The number of hydrogen-bond donors (Lipinski definition) is 2. The molecule has 1 unspecified atom stereocenters. The first-order valence-corrected chi connectivity index (χ1v) is 8.25. The van der Waals surface area contributed by atoms with Crippen molar-refractivity contribution in [3.63, 3.8) is 0 Å². The van der Waals surface area contributed by atoms with Crippen LogP contribution in [0, 0.1) is 0 Å². The van der Waals surface area contributed by atoms with Crippen molar-refractivity contribution in [1.82, 2.24) is 0 Å². The molecule has 0 fully saturated rings. The van der Waals surface area contributed by atoms with E-state index in [-0.39, 0.29) is 11.7 Å². The minimum absolute atomic E-state index is 0.106. The molecular formula is C20H15ClN2O2. The van der Waals surface area contributed by atoms with Crippen molar-refractivity contribution >= 4 is 28.9 Å². The molecule has 0 spiro atoms. The molecule has 0 bridgehead atoms. The number of nitrogens with zero attached hydrogens (tertiary/aromatic N) is 1. The number of hydrogen-bond acceptors (Lipinski definition) is 3. The first-order chi connectivity index (χ1) is 12.1. The number of halogens is 1. The number of amides is 1. The number of benzene rings is 3. The van der Waals surface area contributed by atoms with Crippen LogP contribution in [0.5, 0.6) is 5.75 Å². The number of carbonyl (C=O) groups excluding carboxylic acids is 1. The second kappa shape index (κ2) is 6.15. The Labute approximate surface area is 150 Å². The third-order valence-electron chi connectivity index (χ3n) is 4.22. The fourth-order valence-electron chi connectivity index (χ4n) is 3.05. The zero-order valence-corrected chi connectivity index (χ0v) is 13.9.